The highest BCUT2D eigenvalue weighted by Gasteiger charge is 2.26. The first-order valence-electron chi connectivity index (χ1n) is 10.3. The highest BCUT2D eigenvalue weighted by Crippen LogP contribution is 2.29. The lowest BCUT2D eigenvalue weighted by atomic mass is 10.2. The lowest BCUT2D eigenvalue weighted by molar-refractivity contribution is 0.0524. The zero-order valence-corrected chi connectivity index (χ0v) is 19.2. The summed E-state index contributed by atoms with van der Waals surface area (Å²) in [5.74, 6) is 0.512. The number of sulfonamides is 1. The Morgan fingerprint density at radius 3 is 2.78 bits per heavy atom. The molecule has 3 heterocycles. The normalized spacial score (nSPS) is 15.0. The van der Waals surface area contributed by atoms with E-state index in [1.54, 1.807) is 37.3 Å². The Morgan fingerprint density at radius 1 is 1.19 bits per heavy atom. The SMILES string of the molecule is CCOC(=O)c1ccoc1CSc1nnc(-c2cccc(S(=O)(=O)N3CCCCC3)c2)o1. The zero-order chi connectivity index (χ0) is 22.6. The molecule has 1 fully saturated rings. The Kier molecular flexibility index (Phi) is 6.97. The summed E-state index contributed by atoms with van der Waals surface area (Å²) < 4.78 is 43.5. The van der Waals surface area contributed by atoms with Gasteiger partial charge in [-0.25, -0.2) is 13.2 Å². The third-order valence-corrected chi connectivity index (χ3v) is 7.72. The summed E-state index contributed by atoms with van der Waals surface area (Å²) in [6.45, 7) is 3.08. The average Bonchev–Trinajstić information content (AvgIpc) is 3.48. The molecule has 1 aromatic carbocycles. The Hall–Kier alpha value is -2.63. The maximum atomic E-state index is 13.0. The Labute approximate surface area is 190 Å². The lowest BCUT2D eigenvalue weighted by Crippen LogP contribution is -2.35. The van der Waals surface area contributed by atoms with Gasteiger partial charge in [0, 0.05) is 18.7 Å². The van der Waals surface area contributed by atoms with Crippen LogP contribution in [0.3, 0.4) is 0 Å². The minimum absolute atomic E-state index is 0.207. The van der Waals surface area contributed by atoms with Crippen LogP contribution in [0.5, 0.6) is 0 Å². The first kappa shape index (κ1) is 22.6. The van der Waals surface area contributed by atoms with Crippen LogP contribution in [0, 0.1) is 0 Å². The standard InChI is InChI=1S/C21H23N3O6S2/c1-2-28-20(25)17-9-12-29-18(17)14-31-21-23-22-19(30-21)15-7-6-8-16(13-15)32(26,27)24-10-4-3-5-11-24/h6-9,12-13H,2-5,10-11,14H2,1H3. The van der Waals surface area contributed by atoms with E-state index in [0.29, 0.717) is 35.7 Å². The van der Waals surface area contributed by atoms with Crippen molar-refractivity contribution in [2.45, 2.75) is 42.1 Å². The Balaban J connectivity index is 1.47. The van der Waals surface area contributed by atoms with E-state index in [2.05, 4.69) is 10.2 Å². The van der Waals surface area contributed by atoms with Gasteiger partial charge in [0.15, 0.2) is 0 Å². The van der Waals surface area contributed by atoms with Gasteiger partial charge in [0.1, 0.15) is 11.3 Å². The number of aromatic nitrogens is 2. The molecule has 2 aromatic heterocycles. The number of hydrogen-bond acceptors (Lipinski definition) is 9. The molecule has 1 saturated heterocycles. The van der Waals surface area contributed by atoms with Crippen LogP contribution in [-0.2, 0) is 20.5 Å². The van der Waals surface area contributed by atoms with Gasteiger partial charge in [0.25, 0.3) is 5.22 Å². The number of benzene rings is 1. The monoisotopic (exact) mass is 477 g/mol. The van der Waals surface area contributed by atoms with Crippen LogP contribution < -0.4 is 0 Å². The molecular weight excluding hydrogens is 454 g/mol. The van der Waals surface area contributed by atoms with Crippen molar-refractivity contribution in [1.29, 1.82) is 0 Å². The number of piperidine rings is 1. The summed E-state index contributed by atoms with van der Waals surface area (Å²) in [5, 5.41) is 8.33. The van der Waals surface area contributed by atoms with E-state index in [0.717, 1.165) is 19.3 Å². The van der Waals surface area contributed by atoms with Crippen LogP contribution in [0.1, 0.15) is 42.3 Å². The Bertz CT molecular complexity index is 1180. The molecule has 1 aliphatic rings. The van der Waals surface area contributed by atoms with Gasteiger partial charge in [0.2, 0.25) is 15.9 Å². The molecule has 0 radical (unpaired) electrons. The molecular formula is C21H23N3O6S2. The number of rotatable bonds is 8. The smallest absolute Gasteiger partial charge is 0.341 e. The van der Waals surface area contributed by atoms with E-state index in [1.807, 2.05) is 0 Å². The summed E-state index contributed by atoms with van der Waals surface area (Å²) in [6, 6.07) is 8.08. The summed E-state index contributed by atoms with van der Waals surface area (Å²) in [4.78, 5) is 12.2. The van der Waals surface area contributed by atoms with E-state index in [1.165, 1.54) is 22.3 Å². The number of esters is 1. The molecule has 0 spiro atoms. The van der Waals surface area contributed by atoms with Gasteiger partial charge in [-0.3, -0.25) is 0 Å². The van der Waals surface area contributed by atoms with Crippen LogP contribution in [0.25, 0.3) is 11.5 Å². The molecule has 4 rings (SSSR count). The second kappa shape index (κ2) is 9.88. The third-order valence-electron chi connectivity index (χ3n) is 5.01. The molecule has 0 aliphatic carbocycles. The second-order valence-corrected chi connectivity index (χ2v) is 10.00. The van der Waals surface area contributed by atoms with Crippen molar-refractivity contribution in [2.24, 2.45) is 0 Å². The van der Waals surface area contributed by atoms with Crippen molar-refractivity contribution in [3.05, 3.63) is 47.9 Å². The Morgan fingerprint density at radius 2 is 2.00 bits per heavy atom. The number of furan rings is 1. The predicted octanol–water partition coefficient (Wildman–Crippen LogP) is 3.97. The molecule has 11 heteroatoms. The van der Waals surface area contributed by atoms with E-state index >= 15 is 0 Å². The van der Waals surface area contributed by atoms with Crippen molar-refractivity contribution < 1.29 is 26.8 Å². The van der Waals surface area contributed by atoms with Crippen molar-refractivity contribution in [3.63, 3.8) is 0 Å². The third kappa shape index (κ3) is 4.89. The lowest BCUT2D eigenvalue weighted by Gasteiger charge is -2.25. The van der Waals surface area contributed by atoms with Gasteiger partial charge in [0.05, 0.1) is 23.5 Å². The molecule has 3 aromatic rings. The molecule has 170 valence electrons. The van der Waals surface area contributed by atoms with Crippen LogP contribution in [0.4, 0.5) is 0 Å². The quantitative estimate of drug-likeness (QED) is 0.351. The van der Waals surface area contributed by atoms with Crippen LogP contribution >= 0.6 is 11.8 Å². The van der Waals surface area contributed by atoms with Gasteiger partial charge in [-0.15, -0.1) is 10.2 Å². The van der Waals surface area contributed by atoms with Crippen molar-refractivity contribution in [2.75, 3.05) is 19.7 Å². The summed E-state index contributed by atoms with van der Waals surface area (Å²) >= 11 is 1.21. The minimum Gasteiger partial charge on any atom is -0.468 e. The fraction of sp³-hybridized carbons (Fsp3) is 0.381. The van der Waals surface area contributed by atoms with Crippen LogP contribution in [-0.4, -0.2) is 48.6 Å². The molecule has 0 unspecified atom stereocenters. The highest BCUT2D eigenvalue weighted by atomic mass is 32.2. The molecule has 0 bridgehead atoms. The van der Waals surface area contributed by atoms with Gasteiger partial charge in [-0.2, -0.15) is 4.31 Å². The molecule has 32 heavy (non-hydrogen) atoms. The van der Waals surface area contributed by atoms with Gasteiger partial charge < -0.3 is 13.6 Å². The molecule has 9 nitrogen and oxygen atoms in total. The van der Waals surface area contributed by atoms with Crippen LogP contribution in [0.15, 0.2) is 55.5 Å². The number of ether oxygens (including phenoxy) is 1. The largest absolute Gasteiger partial charge is 0.468 e. The van der Waals surface area contributed by atoms with Crippen LogP contribution in [0.2, 0.25) is 0 Å². The fourth-order valence-electron chi connectivity index (χ4n) is 3.40. The summed E-state index contributed by atoms with van der Waals surface area (Å²) in [5.41, 5.74) is 0.877. The highest BCUT2D eigenvalue weighted by molar-refractivity contribution is 7.98. The molecule has 0 N–H and O–H groups in total. The number of nitrogens with zero attached hydrogens (tertiary/aromatic N) is 3. The van der Waals surface area contributed by atoms with E-state index in [9.17, 15) is 13.2 Å². The molecule has 0 saturated carbocycles. The second-order valence-electron chi connectivity index (χ2n) is 7.13. The number of carbonyl (C=O) groups excluding carboxylic acids is 1. The topological polar surface area (TPSA) is 116 Å². The zero-order valence-electron chi connectivity index (χ0n) is 17.5. The predicted molar refractivity (Wildman–Crippen MR) is 117 cm³/mol. The number of carbonyl (C=O) groups is 1. The van der Waals surface area contributed by atoms with Gasteiger partial charge in [-0.1, -0.05) is 24.2 Å². The maximum absolute atomic E-state index is 13.0. The minimum atomic E-state index is -3.56. The van der Waals surface area contributed by atoms with Crippen molar-refractivity contribution >= 4 is 27.8 Å². The fourth-order valence-corrected chi connectivity index (χ4v) is 5.68. The summed E-state index contributed by atoms with van der Waals surface area (Å²) in [6.07, 6.45) is 4.22. The van der Waals surface area contributed by atoms with Crippen molar-refractivity contribution in [1.82, 2.24) is 14.5 Å². The van der Waals surface area contributed by atoms with Gasteiger partial charge in [-0.05, 0) is 44.0 Å². The number of thioether (sulfide) groups is 1. The van der Waals surface area contributed by atoms with Gasteiger partial charge >= 0.3 is 5.97 Å². The molecule has 0 amide bonds. The van der Waals surface area contributed by atoms with Crippen molar-refractivity contribution in [3.8, 4) is 11.5 Å². The average molecular weight is 478 g/mol. The molecule has 0 atom stereocenters. The maximum Gasteiger partial charge on any atom is 0.341 e. The van der Waals surface area contributed by atoms with E-state index in [-0.39, 0.29) is 22.6 Å². The van der Waals surface area contributed by atoms with E-state index < -0.39 is 16.0 Å². The molecule has 1 aliphatic heterocycles. The summed E-state index contributed by atoms with van der Waals surface area (Å²) in [7, 11) is -3.56. The number of hydrogen-bond donors (Lipinski definition) is 0. The van der Waals surface area contributed by atoms with E-state index in [4.69, 9.17) is 13.6 Å². The first-order chi connectivity index (χ1) is 15.5. The first-order valence-corrected chi connectivity index (χ1v) is 12.7.